The number of quaternary nitrogens is 1. The van der Waals surface area contributed by atoms with Crippen molar-refractivity contribution in [1.29, 1.82) is 0 Å². The van der Waals surface area contributed by atoms with Crippen molar-refractivity contribution in [3.63, 3.8) is 0 Å². The molecular weight excluding hydrogens is 690 g/mol. The number of likely N-dealkylation sites (tertiary alicyclic amines) is 1. The van der Waals surface area contributed by atoms with Crippen LogP contribution in [0.2, 0.25) is 0 Å². The second-order valence-electron chi connectivity index (χ2n) is 18.2. The number of Topliss-reactive ketones (excluding diaryl/α,β-unsaturated/α-hetero) is 1. The molecular formula is C40H63N7O7+2. The minimum atomic E-state index is -0.972. The van der Waals surface area contributed by atoms with Gasteiger partial charge in [0.25, 0.3) is 0 Å². The number of ether oxygens (including phenoxy) is 3. The van der Waals surface area contributed by atoms with Crippen LogP contribution in [0.5, 0.6) is 11.5 Å². The molecule has 1 aromatic rings. The van der Waals surface area contributed by atoms with Gasteiger partial charge in [0.1, 0.15) is 17.5 Å². The van der Waals surface area contributed by atoms with Crippen LogP contribution in [-0.2, 0) is 26.2 Å². The van der Waals surface area contributed by atoms with Crippen molar-refractivity contribution in [1.82, 2.24) is 10.2 Å². The normalized spacial score (nSPS) is 33.3. The number of aliphatic hydroxyl groups is 1. The summed E-state index contributed by atoms with van der Waals surface area (Å²) in [4.78, 5) is 43.1. The number of benzene rings is 1. The van der Waals surface area contributed by atoms with Crippen LogP contribution in [0.15, 0.2) is 12.1 Å². The third-order valence-electron chi connectivity index (χ3n) is 14.6. The molecule has 5 fully saturated rings. The van der Waals surface area contributed by atoms with Crippen LogP contribution < -0.4 is 37.0 Å². The fourth-order valence-electron chi connectivity index (χ4n) is 12.0. The first-order chi connectivity index (χ1) is 25.5. The number of nitrogens with zero attached hydrogens (tertiary/aromatic N) is 2. The molecule has 0 aromatic heterocycles. The molecule has 8 atom stereocenters. The van der Waals surface area contributed by atoms with Gasteiger partial charge in [0.2, 0.25) is 5.91 Å². The Morgan fingerprint density at radius 3 is 2.63 bits per heavy atom. The van der Waals surface area contributed by atoms with Crippen molar-refractivity contribution in [3.8, 4) is 11.5 Å². The van der Waals surface area contributed by atoms with Crippen molar-refractivity contribution in [2.24, 2.45) is 40.4 Å². The van der Waals surface area contributed by atoms with Crippen LogP contribution in [0.25, 0.3) is 0 Å². The molecule has 298 valence electrons. The van der Waals surface area contributed by atoms with Gasteiger partial charge in [0.05, 0.1) is 50.3 Å². The van der Waals surface area contributed by atoms with Gasteiger partial charge in [0.15, 0.2) is 11.5 Å². The van der Waals surface area contributed by atoms with Gasteiger partial charge in [-0.25, -0.2) is 4.79 Å². The maximum absolute atomic E-state index is 13.6. The number of guanidine groups is 1. The molecule has 14 heteroatoms. The number of likely N-dealkylation sites (N-methyl/N-ethyl adjacent to an activating group) is 2. The van der Waals surface area contributed by atoms with E-state index in [0.29, 0.717) is 36.9 Å². The first kappa shape index (κ1) is 38.8. The number of piperidine rings is 1. The average molecular weight is 754 g/mol. The predicted octanol–water partition coefficient (Wildman–Crippen LogP) is 0.0417. The maximum atomic E-state index is 13.6. The second-order valence-corrected chi connectivity index (χ2v) is 18.2. The van der Waals surface area contributed by atoms with Gasteiger partial charge in [0, 0.05) is 75.2 Å². The van der Waals surface area contributed by atoms with E-state index >= 15 is 0 Å². The van der Waals surface area contributed by atoms with Crippen LogP contribution in [0, 0.1) is 23.2 Å². The first-order valence-electron chi connectivity index (χ1n) is 20.0. The fraction of sp³-hybridized carbons (Fsp3) is 0.750. The highest BCUT2D eigenvalue weighted by Gasteiger charge is 2.84. The van der Waals surface area contributed by atoms with E-state index in [1.54, 1.807) is 14.2 Å². The van der Waals surface area contributed by atoms with Gasteiger partial charge in [-0.15, -0.1) is 0 Å². The van der Waals surface area contributed by atoms with E-state index in [4.69, 9.17) is 31.4 Å². The zero-order chi connectivity index (χ0) is 38.8. The smallest absolute Gasteiger partial charge is 0.415 e. The summed E-state index contributed by atoms with van der Waals surface area (Å²) in [5, 5.41) is 14.7. The molecule has 4 bridgehead atoms. The molecule has 5 aliphatic carbocycles. The molecule has 8 rings (SSSR count). The van der Waals surface area contributed by atoms with Gasteiger partial charge in [-0.3, -0.25) is 26.0 Å². The summed E-state index contributed by atoms with van der Waals surface area (Å²) < 4.78 is 21.0. The molecule has 2 aliphatic heterocycles. The summed E-state index contributed by atoms with van der Waals surface area (Å²) in [6.45, 7) is 6.82. The van der Waals surface area contributed by atoms with Gasteiger partial charge in [-0.1, -0.05) is 6.07 Å². The third kappa shape index (κ3) is 6.15. The van der Waals surface area contributed by atoms with E-state index in [9.17, 15) is 19.5 Å². The lowest BCUT2D eigenvalue weighted by atomic mass is 9.33. The molecule has 1 unspecified atom stereocenters. The molecule has 2 spiro atoms. The molecule has 2 heterocycles. The maximum Gasteiger partial charge on any atom is 0.415 e. The number of rotatable bonds is 16. The lowest BCUT2D eigenvalue weighted by Crippen LogP contribution is -2.84. The second kappa shape index (κ2) is 13.9. The van der Waals surface area contributed by atoms with Crippen molar-refractivity contribution in [3.05, 3.63) is 23.3 Å². The fourth-order valence-corrected chi connectivity index (χ4v) is 12.0. The number of fused-ring (bicyclic) bond motifs is 2. The van der Waals surface area contributed by atoms with Gasteiger partial charge < -0.3 is 39.8 Å². The lowest BCUT2D eigenvalue weighted by Gasteiger charge is -2.75. The Bertz CT molecular complexity index is 1690. The molecule has 54 heavy (non-hydrogen) atoms. The number of carbonyl (C=O) groups is 3. The third-order valence-corrected chi connectivity index (χ3v) is 14.6. The highest BCUT2D eigenvalue weighted by atomic mass is 16.6. The van der Waals surface area contributed by atoms with Crippen LogP contribution in [-0.4, -0.2) is 122 Å². The highest BCUT2D eigenvalue weighted by Crippen LogP contribution is 2.78. The number of methoxy groups -OCH3 is 1. The SMILES string of the molecule is CO[C@]12CC[C@@]3(C[C@@H]1C(C)(C)O)[C@H]1Cc4ccc(OC(=O)N(C)CCNC(=O)[C@H](CCC[NH+]=C(N)N)CC(=O)CN)c5c4[C@@]3(CC[N+]1(C)CC1CC1)[C@H]2O5. The van der Waals surface area contributed by atoms with Gasteiger partial charge in [-0.05, 0) is 70.4 Å². The zero-order valence-corrected chi connectivity index (χ0v) is 32.9. The van der Waals surface area contributed by atoms with Crippen molar-refractivity contribution in [2.75, 3.05) is 60.5 Å². The van der Waals surface area contributed by atoms with Crippen molar-refractivity contribution < 1.29 is 43.2 Å². The molecule has 14 nitrogen and oxygen atoms in total. The van der Waals surface area contributed by atoms with E-state index in [1.807, 2.05) is 19.9 Å². The van der Waals surface area contributed by atoms with Crippen LogP contribution in [0.3, 0.4) is 0 Å². The number of hydrogen-bond donors (Lipinski definition) is 6. The number of amides is 2. The average Bonchev–Trinajstić information content (AvgIpc) is 3.86. The Morgan fingerprint density at radius 1 is 1.20 bits per heavy atom. The van der Waals surface area contributed by atoms with Crippen LogP contribution in [0.1, 0.15) is 82.8 Å². The Hall–Kier alpha value is -3.46. The summed E-state index contributed by atoms with van der Waals surface area (Å²) in [5.41, 5.74) is 16.9. The van der Waals surface area contributed by atoms with Gasteiger partial charge in [-0.2, -0.15) is 0 Å². The van der Waals surface area contributed by atoms with Crippen LogP contribution >= 0.6 is 0 Å². The Morgan fingerprint density at radius 2 is 1.96 bits per heavy atom. The lowest BCUT2D eigenvalue weighted by molar-refractivity contribution is -0.952. The van der Waals surface area contributed by atoms with Crippen molar-refractivity contribution >= 4 is 23.7 Å². The molecule has 1 aromatic carbocycles. The number of nitrogens with two attached hydrogens (primary N) is 3. The summed E-state index contributed by atoms with van der Waals surface area (Å²) in [6.07, 6.45) is 7.44. The molecule has 1 saturated heterocycles. The minimum absolute atomic E-state index is 0.0351. The minimum Gasteiger partial charge on any atom is -0.482 e. The summed E-state index contributed by atoms with van der Waals surface area (Å²) in [5.74, 6) is 0.767. The van der Waals surface area contributed by atoms with E-state index in [0.717, 1.165) is 49.0 Å². The number of ketones is 1. The van der Waals surface area contributed by atoms with E-state index < -0.39 is 23.2 Å². The standard InChI is InChI=1S/C40H61N7O7/c1-37(2,51)29-21-38-12-13-40(29,52-5)34-39(38)14-18-47(4,23-24-8-9-24)30(38)20-25-10-11-28(32(54-34)31(25)39)53-36(50)46(3)17-16-44-33(49)26(19-27(48)22-41)7-6-15-45-35(42)43/h10-11,24,26,29-30,34,51H,6-9,12-23,41H2,1-5H3,(H4-,42,43,44,45,49)/p+2/t26-,29-,30-,34-,38-,39+,40-,47?/m1/s1. The first-order valence-corrected chi connectivity index (χ1v) is 20.0. The van der Waals surface area contributed by atoms with Gasteiger partial charge >= 0.3 is 12.1 Å². The number of carbonyl (C=O) groups excluding carboxylic acids is 3. The number of nitrogens with one attached hydrogen (secondary N) is 2. The molecule has 9 N–H and O–H groups in total. The predicted molar refractivity (Wildman–Crippen MR) is 201 cm³/mol. The number of hydrogen-bond acceptors (Lipinski definition) is 8. The largest absolute Gasteiger partial charge is 0.482 e. The molecule has 7 aliphatic rings. The highest BCUT2D eigenvalue weighted by molar-refractivity contribution is 5.87. The quantitative estimate of drug-likeness (QED) is 0.0579. The molecule has 0 radical (unpaired) electrons. The Balaban J connectivity index is 1.11. The van der Waals surface area contributed by atoms with E-state index in [1.165, 1.54) is 35.4 Å². The summed E-state index contributed by atoms with van der Waals surface area (Å²) in [6, 6.07) is 4.43. The zero-order valence-electron chi connectivity index (χ0n) is 32.9. The molecule has 2 amide bonds. The Kier molecular flexibility index (Phi) is 10.0. The summed E-state index contributed by atoms with van der Waals surface area (Å²) >= 11 is 0. The summed E-state index contributed by atoms with van der Waals surface area (Å²) in [7, 11) is 5.89. The monoisotopic (exact) mass is 753 g/mol. The van der Waals surface area contributed by atoms with E-state index in [2.05, 4.69) is 23.4 Å². The van der Waals surface area contributed by atoms with Crippen molar-refractivity contribution in [2.45, 2.75) is 107 Å². The van der Waals surface area contributed by atoms with Crippen LogP contribution in [0.4, 0.5) is 4.79 Å². The Labute approximate surface area is 319 Å². The topological polar surface area (TPSA) is 206 Å². The van der Waals surface area contributed by atoms with E-state index in [-0.39, 0.29) is 66.6 Å². The molecule has 4 saturated carbocycles.